The van der Waals surface area contributed by atoms with Crippen molar-refractivity contribution >= 4 is 0 Å². The second-order valence-electron chi connectivity index (χ2n) is 5.97. The summed E-state index contributed by atoms with van der Waals surface area (Å²) in [6.07, 6.45) is 8.14. The molecule has 19 heavy (non-hydrogen) atoms. The number of hydrogen-bond acceptors (Lipinski definition) is 2. The molecule has 0 bridgehead atoms. The van der Waals surface area contributed by atoms with Crippen LogP contribution >= 0.6 is 0 Å². The summed E-state index contributed by atoms with van der Waals surface area (Å²) in [7, 11) is 2.11. The lowest BCUT2D eigenvalue weighted by Crippen LogP contribution is -2.38. The Labute approximate surface area is 116 Å². The molecule has 0 amide bonds. The number of fused-ring (bicyclic) bond motifs is 1. The average Bonchev–Trinajstić information content (AvgIpc) is 2.91. The predicted molar refractivity (Wildman–Crippen MR) is 78.6 cm³/mol. The smallest absolute Gasteiger partial charge is 0.0576 e. The summed E-state index contributed by atoms with van der Waals surface area (Å²) in [5.41, 5.74) is 3.12. The zero-order valence-corrected chi connectivity index (χ0v) is 11.9. The van der Waals surface area contributed by atoms with Crippen molar-refractivity contribution in [3.63, 3.8) is 0 Å². The monoisotopic (exact) mass is 259 g/mol. The third-order valence-corrected chi connectivity index (χ3v) is 4.82. The molecule has 1 fully saturated rings. The highest BCUT2D eigenvalue weighted by molar-refractivity contribution is 5.41. The first-order valence-electron chi connectivity index (χ1n) is 7.75. The topological polar surface area (TPSA) is 21.3 Å². The van der Waals surface area contributed by atoms with E-state index in [1.165, 1.54) is 38.5 Å². The highest BCUT2D eigenvalue weighted by Gasteiger charge is 2.31. The molecule has 1 heterocycles. The Morgan fingerprint density at radius 2 is 2.26 bits per heavy atom. The number of ether oxygens (including phenoxy) is 1. The Bertz CT molecular complexity index is 411. The van der Waals surface area contributed by atoms with Crippen molar-refractivity contribution in [3.05, 3.63) is 35.4 Å². The van der Waals surface area contributed by atoms with E-state index in [0.29, 0.717) is 12.1 Å². The fourth-order valence-corrected chi connectivity index (χ4v) is 3.64. The van der Waals surface area contributed by atoms with Gasteiger partial charge in [-0.3, -0.25) is 0 Å². The molecule has 0 saturated carbocycles. The Balaban J connectivity index is 1.49. The fourth-order valence-electron chi connectivity index (χ4n) is 3.64. The van der Waals surface area contributed by atoms with Gasteiger partial charge in [-0.1, -0.05) is 24.3 Å². The second kappa shape index (κ2) is 6.06. The van der Waals surface area contributed by atoms with E-state index in [2.05, 4.69) is 36.6 Å². The van der Waals surface area contributed by atoms with Gasteiger partial charge >= 0.3 is 0 Å². The van der Waals surface area contributed by atoms with Gasteiger partial charge in [0.15, 0.2) is 0 Å². The van der Waals surface area contributed by atoms with Crippen molar-refractivity contribution in [2.45, 2.75) is 56.6 Å². The van der Waals surface area contributed by atoms with Crippen molar-refractivity contribution < 1.29 is 4.74 Å². The molecule has 0 aromatic heterocycles. The first-order valence-corrected chi connectivity index (χ1v) is 7.75. The van der Waals surface area contributed by atoms with Crippen LogP contribution in [0.15, 0.2) is 24.3 Å². The summed E-state index contributed by atoms with van der Waals surface area (Å²) in [6, 6.07) is 9.53. The Morgan fingerprint density at radius 3 is 3.00 bits per heavy atom. The Morgan fingerprint density at radius 1 is 1.37 bits per heavy atom. The van der Waals surface area contributed by atoms with Gasteiger partial charge in [-0.2, -0.15) is 0 Å². The highest BCUT2D eigenvalue weighted by Crippen LogP contribution is 2.38. The van der Waals surface area contributed by atoms with Crippen LogP contribution in [0, 0.1) is 0 Å². The molecule has 0 spiro atoms. The molecule has 3 atom stereocenters. The molecule has 2 nitrogen and oxygen atoms in total. The molecule has 1 aromatic carbocycles. The lowest BCUT2D eigenvalue weighted by Gasteiger charge is -2.36. The normalized spacial score (nSPS) is 26.8. The molecule has 2 heteroatoms. The number of likely N-dealkylation sites (N-methyl/N-ethyl adjacent to an activating group) is 1. The van der Waals surface area contributed by atoms with E-state index < -0.39 is 0 Å². The minimum atomic E-state index is 0.547. The molecule has 2 aliphatic rings. The van der Waals surface area contributed by atoms with Crippen LogP contribution in [0.3, 0.4) is 0 Å². The first kappa shape index (κ1) is 13.1. The van der Waals surface area contributed by atoms with Crippen LogP contribution in [-0.4, -0.2) is 25.8 Å². The standard InChI is InChI=1S/C17H25NO/c1-18-17(10-4-7-14-8-5-11-19-14)16-12-13-6-2-3-9-15(13)16/h2-3,6,9,14,16-18H,4-5,7-8,10-12H2,1H3. The van der Waals surface area contributed by atoms with Gasteiger partial charge in [0.2, 0.25) is 0 Å². The van der Waals surface area contributed by atoms with Crippen molar-refractivity contribution in [3.8, 4) is 0 Å². The largest absolute Gasteiger partial charge is 0.378 e. The lowest BCUT2D eigenvalue weighted by atomic mass is 9.72. The number of nitrogens with one attached hydrogen (secondary N) is 1. The minimum absolute atomic E-state index is 0.547. The summed E-state index contributed by atoms with van der Waals surface area (Å²) >= 11 is 0. The minimum Gasteiger partial charge on any atom is -0.378 e. The fraction of sp³-hybridized carbons (Fsp3) is 0.647. The Hall–Kier alpha value is -0.860. The van der Waals surface area contributed by atoms with Crippen LogP contribution in [0.5, 0.6) is 0 Å². The van der Waals surface area contributed by atoms with Gasteiger partial charge in [0.25, 0.3) is 0 Å². The van der Waals surface area contributed by atoms with E-state index in [9.17, 15) is 0 Å². The highest BCUT2D eigenvalue weighted by atomic mass is 16.5. The Kier molecular flexibility index (Phi) is 4.19. The van der Waals surface area contributed by atoms with E-state index in [1.54, 1.807) is 11.1 Å². The third-order valence-electron chi connectivity index (χ3n) is 4.82. The van der Waals surface area contributed by atoms with Gasteiger partial charge in [0.05, 0.1) is 6.10 Å². The molecular weight excluding hydrogens is 234 g/mol. The van der Waals surface area contributed by atoms with Crippen LogP contribution in [0.4, 0.5) is 0 Å². The van der Waals surface area contributed by atoms with Crippen LogP contribution < -0.4 is 5.32 Å². The molecule has 1 aliphatic carbocycles. The zero-order chi connectivity index (χ0) is 13.1. The molecule has 104 valence electrons. The summed E-state index contributed by atoms with van der Waals surface area (Å²) in [5, 5.41) is 3.53. The quantitative estimate of drug-likeness (QED) is 0.846. The molecule has 1 aromatic rings. The molecular formula is C17H25NO. The van der Waals surface area contributed by atoms with E-state index in [4.69, 9.17) is 4.74 Å². The summed E-state index contributed by atoms with van der Waals surface area (Å²) in [5.74, 6) is 0.727. The van der Waals surface area contributed by atoms with Crippen molar-refractivity contribution in [1.82, 2.24) is 5.32 Å². The van der Waals surface area contributed by atoms with Gasteiger partial charge in [-0.15, -0.1) is 0 Å². The number of rotatable bonds is 6. The van der Waals surface area contributed by atoms with Gasteiger partial charge in [-0.25, -0.2) is 0 Å². The summed E-state index contributed by atoms with van der Waals surface area (Å²) in [6.45, 7) is 0.982. The number of benzene rings is 1. The van der Waals surface area contributed by atoms with E-state index >= 15 is 0 Å². The van der Waals surface area contributed by atoms with Crippen molar-refractivity contribution in [1.29, 1.82) is 0 Å². The van der Waals surface area contributed by atoms with Gasteiger partial charge in [0, 0.05) is 18.6 Å². The SMILES string of the molecule is CNC(CCCC1CCCO1)C1Cc2ccccc21. The molecule has 1 saturated heterocycles. The molecule has 3 unspecified atom stereocenters. The zero-order valence-electron chi connectivity index (χ0n) is 11.9. The predicted octanol–water partition coefficient (Wildman–Crippen LogP) is 3.26. The van der Waals surface area contributed by atoms with E-state index in [1.807, 2.05) is 0 Å². The van der Waals surface area contributed by atoms with Crippen molar-refractivity contribution in [2.24, 2.45) is 0 Å². The second-order valence-corrected chi connectivity index (χ2v) is 5.97. The molecule has 3 rings (SSSR count). The first-order chi connectivity index (χ1) is 9.38. The number of hydrogen-bond donors (Lipinski definition) is 1. The summed E-state index contributed by atoms with van der Waals surface area (Å²) in [4.78, 5) is 0. The van der Waals surface area contributed by atoms with Crippen LogP contribution in [-0.2, 0) is 11.2 Å². The van der Waals surface area contributed by atoms with Gasteiger partial charge in [0.1, 0.15) is 0 Å². The van der Waals surface area contributed by atoms with Crippen LogP contribution in [0.1, 0.15) is 49.1 Å². The third kappa shape index (κ3) is 2.85. The maximum absolute atomic E-state index is 5.71. The van der Waals surface area contributed by atoms with Gasteiger partial charge < -0.3 is 10.1 Å². The van der Waals surface area contributed by atoms with E-state index in [0.717, 1.165) is 12.5 Å². The van der Waals surface area contributed by atoms with E-state index in [-0.39, 0.29) is 0 Å². The maximum Gasteiger partial charge on any atom is 0.0576 e. The average molecular weight is 259 g/mol. The molecule has 0 radical (unpaired) electrons. The van der Waals surface area contributed by atoms with Gasteiger partial charge in [-0.05, 0) is 56.7 Å². The summed E-state index contributed by atoms with van der Waals surface area (Å²) < 4.78 is 5.71. The van der Waals surface area contributed by atoms with Crippen LogP contribution in [0.25, 0.3) is 0 Å². The van der Waals surface area contributed by atoms with Crippen LogP contribution in [0.2, 0.25) is 0 Å². The van der Waals surface area contributed by atoms with Crippen molar-refractivity contribution in [2.75, 3.05) is 13.7 Å². The lowest BCUT2D eigenvalue weighted by molar-refractivity contribution is 0.101. The molecule has 1 N–H and O–H groups in total. The molecule has 1 aliphatic heterocycles. The maximum atomic E-state index is 5.71.